The summed E-state index contributed by atoms with van der Waals surface area (Å²) in [6.45, 7) is 1.34. The molecule has 0 unspecified atom stereocenters. The number of methoxy groups -OCH3 is 1. The van der Waals surface area contributed by atoms with E-state index in [1.165, 1.54) is 13.2 Å². The zero-order chi connectivity index (χ0) is 17.9. The molecular formula is C17H20FN3O4. The summed E-state index contributed by atoms with van der Waals surface area (Å²) in [5.74, 6) is -1.29. The third kappa shape index (κ3) is 3.49. The van der Waals surface area contributed by atoms with Crippen molar-refractivity contribution < 1.29 is 23.8 Å². The number of aromatic amines is 1. The highest BCUT2D eigenvalue weighted by Crippen LogP contribution is 2.36. The van der Waals surface area contributed by atoms with Crippen molar-refractivity contribution in [2.75, 3.05) is 20.3 Å². The number of aromatic carboxylic acids is 1. The second kappa shape index (κ2) is 7.20. The normalized spacial score (nSPS) is 16.6. The van der Waals surface area contributed by atoms with Crippen LogP contribution in [0.4, 0.5) is 4.39 Å². The zero-order valence-corrected chi connectivity index (χ0v) is 13.8. The SMILES string of the molecule is COc1cccc(C2(NCc3cc(C(=O)O)n[nH]3)CCOCC2)c1F. The lowest BCUT2D eigenvalue weighted by Crippen LogP contribution is -2.47. The first-order valence-electron chi connectivity index (χ1n) is 7.99. The van der Waals surface area contributed by atoms with Crippen LogP contribution in [0.2, 0.25) is 0 Å². The molecule has 134 valence electrons. The number of halogens is 1. The Bertz CT molecular complexity index is 756. The molecule has 0 saturated carbocycles. The summed E-state index contributed by atoms with van der Waals surface area (Å²) in [6, 6.07) is 6.55. The number of H-pyrrole nitrogens is 1. The van der Waals surface area contributed by atoms with Gasteiger partial charge in [0, 0.05) is 31.0 Å². The Kier molecular flexibility index (Phi) is 5.00. The van der Waals surface area contributed by atoms with Crippen LogP contribution in [0.3, 0.4) is 0 Å². The fraction of sp³-hybridized carbons (Fsp3) is 0.412. The Morgan fingerprint density at radius 1 is 1.48 bits per heavy atom. The largest absolute Gasteiger partial charge is 0.494 e. The minimum Gasteiger partial charge on any atom is -0.494 e. The molecule has 1 saturated heterocycles. The van der Waals surface area contributed by atoms with Crippen LogP contribution in [0, 0.1) is 5.82 Å². The number of carboxylic acid groups (broad SMARTS) is 1. The summed E-state index contributed by atoms with van der Waals surface area (Å²) in [5, 5.41) is 18.8. The summed E-state index contributed by atoms with van der Waals surface area (Å²) in [6.07, 6.45) is 1.19. The first-order valence-corrected chi connectivity index (χ1v) is 7.99. The molecule has 8 heteroatoms. The van der Waals surface area contributed by atoms with Crippen molar-refractivity contribution in [1.29, 1.82) is 0 Å². The number of rotatable bonds is 6. The molecule has 7 nitrogen and oxygen atoms in total. The Labute approximate surface area is 144 Å². The third-order valence-corrected chi connectivity index (χ3v) is 4.51. The number of nitrogens with zero attached hydrogens (tertiary/aromatic N) is 1. The number of hydrogen-bond acceptors (Lipinski definition) is 5. The predicted octanol–water partition coefficient (Wildman–Crippen LogP) is 2.05. The molecule has 1 aliphatic rings. The van der Waals surface area contributed by atoms with E-state index in [0.717, 1.165) is 0 Å². The summed E-state index contributed by atoms with van der Waals surface area (Å²) in [4.78, 5) is 10.9. The van der Waals surface area contributed by atoms with Gasteiger partial charge < -0.3 is 19.9 Å². The summed E-state index contributed by atoms with van der Waals surface area (Å²) in [5.41, 5.74) is 0.468. The van der Waals surface area contributed by atoms with Gasteiger partial charge in [-0.05, 0) is 25.0 Å². The van der Waals surface area contributed by atoms with Gasteiger partial charge in [0.25, 0.3) is 0 Å². The van der Waals surface area contributed by atoms with Gasteiger partial charge in [0.1, 0.15) is 0 Å². The highest BCUT2D eigenvalue weighted by atomic mass is 19.1. The molecule has 0 aliphatic carbocycles. The number of nitrogens with one attached hydrogen (secondary N) is 2. The summed E-state index contributed by atoms with van der Waals surface area (Å²) >= 11 is 0. The summed E-state index contributed by atoms with van der Waals surface area (Å²) < 4.78 is 25.4. The first kappa shape index (κ1) is 17.4. The van der Waals surface area contributed by atoms with E-state index in [1.54, 1.807) is 18.2 Å². The van der Waals surface area contributed by atoms with Gasteiger partial charge in [-0.3, -0.25) is 5.10 Å². The zero-order valence-electron chi connectivity index (χ0n) is 13.8. The average molecular weight is 349 g/mol. The molecular weight excluding hydrogens is 329 g/mol. The molecule has 0 radical (unpaired) electrons. The van der Waals surface area contributed by atoms with Crippen molar-refractivity contribution in [2.45, 2.75) is 24.9 Å². The average Bonchev–Trinajstić information content (AvgIpc) is 3.10. The van der Waals surface area contributed by atoms with Gasteiger partial charge in [-0.2, -0.15) is 5.10 Å². The molecule has 1 aromatic carbocycles. The third-order valence-electron chi connectivity index (χ3n) is 4.51. The molecule has 3 rings (SSSR count). The van der Waals surface area contributed by atoms with Crippen LogP contribution in [0.5, 0.6) is 5.75 Å². The van der Waals surface area contributed by atoms with Crippen LogP contribution < -0.4 is 10.1 Å². The van der Waals surface area contributed by atoms with Gasteiger partial charge in [-0.25, -0.2) is 9.18 Å². The molecule has 1 aliphatic heterocycles. The fourth-order valence-electron chi connectivity index (χ4n) is 3.13. The smallest absolute Gasteiger partial charge is 0.356 e. The monoisotopic (exact) mass is 349 g/mol. The van der Waals surface area contributed by atoms with Gasteiger partial charge in [0.15, 0.2) is 17.3 Å². The highest BCUT2D eigenvalue weighted by Gasteiger charge is 2.37. The maximum atomic E-state index is 14.8. The van der Waals surface area contributed by atoms with E-state index in [-0.39, 0.29) is 11.4 Å². The molecule has 3 N–H and O–H groups in total. The quantitative estimate of drug-likeness (QED) is 0.739. The fourth-order valence-corrected chi connectivity index (χ4v) is 3.13. The van der Waals surface area contributed by atoms with Crippen LogP contribution in [0.15, 0.2) is 24.3 Å². The second-order valence-electron chi connectivity index (χ2n) is 5.95. The Morgan fingerprint density at radius 3 is 2.88 bits per heavy atom. The molecule has 0 spiro atoms. The summed E-state index contributed by atoms with van der Waals surface area (Å²) in [7, 11) is 1.43. The number of benzene rings is 1. The number of aromatic nitrogens is 2. The van der Waals surface area contributed by atoms with Gasteiger partial charge in [-0.15, -0.1) is 0 Å². The van der Waals surface area contributed by atoms with Gasteiger partial charge in [-0.1, -0.05) is 12.1 Å². The van der Waals surface area contributed by atoms with E-state index in [0.29, 0.717) is 43.9 Å². The number of hydrogen-bond donors (Lipinski definition) is 3. The van der Waals surface area contributed by atoms with Crippen molar-refractivity contribution in [3.05, 3.63) is 47.0 Å². The van der Waals surface area contributed by atoms with Crippen LogP contribution in [-0.4, -0.2) is 41.6 Å². The van der Waals surface area contributed by atoms with E-state index in [1.807, 2.05) is 0 Å². The molecule has 1 fully saturated rings. The van der Waals surface area contributed by atoms with E-state index in [2.05, 4.69) is 15.5 Å². The molecule has 0 bridgehead atoms. The van der Waals surface area contributed by atoms with Crippen LogP contribution in [0.25, 0.3) is 0 Å². The van der Waals surface area contributed by atoms with Gasteiger partial charge in [0.05, 0.1) is 12.6 Å². The minimum atomic E-state index is -1.10. The van der Waals surface area contributed by atoms with E-state index < -0.39 is 17.3 Å². The lowest BCUT2D eigenvalue weighted by molar-refractivity contribution is 0.0340. The van der Waals surface area contributed by atoms with Crippen molar-refractivity contribution in [1.82, 2.24) is 15.5 Å². The molecule has 2 aromatic rings. The molecule has 0 atom stereocenters. The van der Waals surface area contributed by atoms with Crippen molar-refractivity contribution in [3.63, 3.8) is 0 Å². The molecule has 2 heterocycles. The van der Waals surface area contributed by atoms with Crippen LogP contribution in [0.1, 0.15) is 34.6 Å². The molecule has 25 heavy (non-hydrogen) atoms. The standard InChI is InChI=1S/C17H20FN3O4/c1-24-14-4-2-3-12(15(14)18)17(5-7-25-8-6-17)19-10-11-9-13(16(22)23)21-20-11/h2-4,9,19H,5-8,10H2,1H3,(H,20,21)(H,22,23). The van der Waals surface area contributed by atoms with Gasteiger partial charge >= 0.3 is 5.97 Å². The van der Waals surface area contributed by atoms with E-state index in [9.17, 15) is 9.18 Å². The second-order valence-corrected chi connectivity index (χ2v) is 5.95. The highest BCUT2D eigenvalue weighted by molar-refractivity contribution is 5.85. The maximum Gasteiger partial charge on any atom is 0.356 e. The van der Waals surface area contributed by atoms with E-state index >= 15 is 0 Å². The maximum absolute atomic E-state index is 14.8. The van der Waals surface area contributed by atoms with Crippen LogP contribution in [-0.2, 0) is 16.8 Å². The van der Waals surface area contributed by atoms with Gasteiger partial charge in [0.2, 0.25) is 0 Å². The molecule has 1 aromatic heterocycles. The lowest BCUT2D eigenvalue weighted by Gasteiger charge is -2.39. The first-order chi connectivity index (χ1) is 12.1. The van der Waals surface area contributed by atoms with Crippen molar-refractivity contribution >= 4 is 5.97 Å². The lowest BCUT2D eigenvalue weighted by atomic mass is 9.82. The predicted molar refractivity (Wildman–Crippen MR) is 87.1 cm³/mol. The van der Waals surface area contributed by atoms with E-state index in [4.69, 9.17) is 14.6 Å². The molecule has 0 amide bonds. The number of carbonyl (C=O) groups is 1. The van der Waals surface area contributed by atoms with Crippen molar-refractivity contribution in [3.8, 4) is 5.75 Å². The van der Waals surface area contributed by atoms with Crippen molar-refractivity contribution in [2.24, 2.45) is 0 Å². The number of carboxylic acids is 1. The Balaban J connectivity index is 1.87. The number of ether oxygens (including phenoxy) is 2. The Hall–Kier alpha value is -2.45. The minimum absolute atomic E-state index is 0.0506. The van der Waals surface area contributed by atoms with Crippen LogP contribution >= 0.6 is 0 Å². The topological polar surface area (TPSA) is 96.5 Å². The Morgan fingerprint density at radius 2 is 2.24 bits per heavy atom.